The highest BCUT2D eigenvalue weighted by molar-refractivity contribution is 7.90. The van der Waals surface area contributed by atoms with Gasteiger partial charge in [-0.15, -0.1) is 0 Å². The number of carbonyl (C=O) groups is 3. The molecule has 34 heavy (non-hydrogen) atoms. The van der Waals surface area contributed by atoms with Crippen LogP contribution < -0.4 is 10.6 Å². The molecule has 0 aliphatic heterocycles. The van der Waals surface area contributed by atoms with Crippen LogP contribution in [0.3, 0.4) is 0 Å². The molecule has 0 unspecified atom stereocenters. The highest BCUT2D eigenvalue weighted by Gasteiger charge is 2.16. The average molecular weight is 481 g/mol. The van der Waals surface area contributed by atoms with Gasteiger partial charge < -0.3 is 15.4 Å². The van der Waals surface area contributed by atoms with Gasteiger partial charge in [0.1, 0.15) is 0 Å². The van der Waals surface area contributed by atoms with Crippen molar-refractivity contribution < 1.29 is 27.5 Å². The van der Waals surface area contributed by atoms with E-state index >= 15 is 0 Å². The summed E-state index contributed by atoms with van der Waals surface area (Å²) in [5.74, 6) is -1.86. The monoisotopic (exact) mass is 480 g/mol. The van der Waals surface area contributed by atoms with Gasteiger partial charge in [-0.1, -0.05) is 48.0 Å². The number of para-hydroxylation sites is 1. The lowest BCUT2D eigenvalue weighted by Crippen LogP contribution is -2.26. The second-order valence-electron chi connectivity index (χ2n) is 7.64. The number of hydrogen-bond acceptors (Lipinski definition) is 6. The van der Waals surface area contributed by atoms with E-state index in [0.29, 0.717) is 6.54 Å². The minimum absolute atomic E-state index is 0.00612. The molecule has 0 heterocycles. The van der Waals surface area contributed by atoms with E-state index in [-0.39, 0.29) is 27.6 Å². The normalized spacial score (nSPS) is 10.9. The van der Waals surface area contributed by atoms with Gasteiger partial charge in [-0.3, -0.25) is 9.59 Å². The second kappa shape index (κ2) is 10.8. The van der Waals surface area contributed by atoms with Crippen LogP contribution in [0.2, 0.25) is 0 Å². The van der Waals surface area contributed by atoms with Crippen LogP contribution in [0.1, 0.15) is 31.8 Å². The van der Waals surface area contributed by atoms with Crippen LogP contribution in [0.15, 0.2) is 77.7 Å². The Morgan fingerprint density at radius 3 is 2.32 bits per heavy atom. The summed E-state index contributed by atoms with van der Waals surface area (Å²) < 4.78 is 28.3. The Morgan fingerprint density at radius 2 is 1.62 bits per heavy atom. The molecule has 2 N–H and O–H groups in total. The third-order valence-corrected chi connectivity index (χ3v) is 5.96. The van der Waals surface area contributed by atoms with E-state index in [4.69, 9.17) is 4.74 Å². The van der Waals surface area contributed by atoms with Gasteiger partial charge in [0.15, 0.2) is 16.4 Å². The maximum Gasteiger partial charge on any atom is 0.338 e. The summed E-state index contributed by atoms with van der Waals surface area (Å²) in [7, 11) is -3.49. The number of rotatable bonds is 8. The van der Waals surface area contributed by atoms with Crippen LogP contribution in [0.4, 0.5) is 5.69 Å². The number of amides is 2. The van der Waals surface area contributed by atoms with E-state index in [1.807, 2.05) is 31.2 Å². The van der Waals surface area contributed by atoms with Crippen molar-refractivity contribution in [1.82, 2.24) is 5.32 Å². The maximum atomic E-state index is 12.7. The molecular formula is C25H24N2O6S. The van der Waals surface area contributed by atoms with E-state index in [1.54, 1.807) is 24.3 Å². The Kier molecular flexibility index (Phi) is 7.80. The summed E-state index contributed by atoms with van der Waals surface area (Å²) in [6.45, 7) is 1.69. The van der Waals surface area contributed by atoms with E-state index in [2.05, 4.69) is 10.6 Å². The van der Waals surface area contributed by atoms with Crippen molar-refractivity contribution in [2.45, 2.75) is 18.4 Å². The van der Waals surface area contributed by atoms with Crippen molar-refractivity contribution in [2.75, 3.05) is 18.2 Å². The maximum absolute atomic E-state index is 12.7. The first kappa shape index (κ1) is 24.7. The highest BCUT2D eigenvalue weighted by atomic mass is 32.2. The first-order valence-corrected chi connectivity index (χ1v) is 12.2. The molecule has 0 spiro atoms. The Hall–Kier alpha value is -3.98. The Morgan fingerprint density at radius 1 is 0.912 bits per heavy atom. The van der Waals surface area contributed by atoms with Crippen LogP contribution in [0.25, 0.3) is 0 Å². The summed E-state index contributed by atoms with van der Waals surface area (Å²) in [6, 6.07) is 19.6. The van der Waals surface area contributed by atoms with Gasteiger partial charge in [0.25, 0.3) is 11.8 Å². The molecule has 3 aromatic rings. The SMILES string of the molecule is Cc1ccc(CNC(=O)c2ccccc2NC(=O)COC(=O)c2cccc(S(C)(=O)=O)c2)cc1. The summed E-state index contributed by atoms with van der Waals surface area (Å²) in [5.41, 5.74) is 2.59. The first-order valence-electron chi connectivity index (χ1n) is 10.3. The quantitative estimate of drug-likeness (QED) is 0.478. The van der Waals surface area contributed by atoms with Crippen molar-refractivity contribution in [3.05, 3.63) is 95.1 Å². The summed E-state index contributed by atoms with van der Waals surface area (Å²) in [6.07, 6.45) is 1.03. The molecule has 176 valence electrons. The second-order valence-corrected chi connectivity index (χ2v) is 9.65. The molecule has 3 aromatic carbocycles. The topological polar surface area (TPSA) is 119 Å². The smallest absolute Gasteiger partial charge is 0.338 e. The number of ether oxygens (including phenoxy) is 1. The molecule has 0 bridgehead atoms. The fraction of sp³-hybridized carbons (Fsp3) is 0.160. The van der Waals surface area contributed by atoms with E-state index in [0.717, 1.165) is 17.4 Å². The fourth-order valence-corrected chi connectivity index (χ4v) is 3.69. The van der Waals surface area contributed by atoms with Gasteiger partial charge in [0.05, 0.1) is 21.7 Å². The zero-order valence-corrected chi connectivity index (χ0v) is 19.5. The van der Waals surface area contributed by atoms with Crippen LogP contribution in [-0.4, -0.2) is 39.1 Å². The molecule has 0 saturated carbocycles. The van der Waals surface area contributed by atoms with Crippen molar-refractivity contribution in [1.29, 1.82) is 0 Å². The number of sulfone groups is 1. The molecule has 3 rings (SSSR count). The lowest BCUT2D eigenvalue weighted by atomic mass is 10.1. The van der Waals surface area contributed by atoms with Crippen molar-refractivity contribution in [2.24, 2.45) is 0 Å². The number of carbonyl (C=O) groups excluding carboxylic acids is 3. The summed E-state index contributed by atoms with van der Waals surface area (Å²) in [4.78, 5) is 37.2. The van der Waals surface area contributed by atoms with Crippen molar-refractivity contribution >= 4 is 33.3 Å². The number of hydrogen-bond donors (Lipinski definition) is 2. The minimum atomic E-state index is -3.49. The van der Waals surface area contributed by atoms with Crippen LogP contribution in [-0.2, 0) is 25.9 Å². The molecule has 0 radical (unpaired) electrons. The van der Waals surface area contributed by atoms with Gasteiger partial charge in [-0.2, -0.15) is 0 Å². The third kappa shape index (κ3) is 6.76. The van der Waals surface area contributed by atoms with Gasteiger partial charge in [0.2, 0.25) is 0 Å². The van der Waals surface area contributed by atoms with Crippen LogP contribution >= 0.6 is 0 Å². The predicted octanol–water partition coefficient (Wildman–Crippen LogP) is 3.12. The molecular weight excluding hydrogens is 456 g/mol. The highest BCUT2D eigenvalue weighted by Crippen LogP contribution is 2.16. The Balaban J connectivity index is 1.59. The standard InChI is InChI=1S/C25H24N2O6S/c1-17-10-12-18(13-11-17)15-26-24(29)21-8-3-4-9-22(21)27-23(28)16-33-25(30)19-6-5-7-20(14-19)34(2,31)32/h3-14H,15-16H2,1-2H3,(H,26,29)(H,27,28). The summed E-state index contributed by atoms with van der Waals surface area (Å²) >= 11 is 0. The lowest BCUT2D eigenvalue weighted by Gasteiger charge is -2.12. The number of anilines is 1. The third-order valence-electron chi connectivity index (χ3n) is 4.85. The van der Waals surface area contributed by atoms with Gasteiger partial charge in [-0.25, -0.2) is 13.2 Å². The number of nitrogens with one attached hydrogen (secondary N) is 2. The molecule has 9 heteroatoms. The molecule has 0 aliphatic carbocycles. The van der Waals surface area contributed by atoms with E-state index in [9.17, 15) is 22.8 Å². The first-order chi connectivity index (χ1) is 16.1. The molecule has 2 amide bonds. The molecule has 0 aliphatic rings. The van der Waals surface area contributed by atoms with Gasteiger partial charge in [-0.05, 0) is 42.8 Å². The fourth-order valence-electron chi connectivity index (χ4n) is 3.03. The van der Waals surface area contributed by atoms with E-state index < -0.39 is 28.3 Å². The van der Waals surface area contributed by atoms with Crippen LogP contribution in [0, 0.1) is 6.92 Å². The van der Waals surface area contributed by atoms with E-state index in [1.165, 1.54) is 24.3 Å². The Labute approximate surface area is 197 Å². The lowest BCUT2D eigenvalue weighted by molar-refractivity contribution is -0.119. The largest absolute Gasteiger partial charge is 0.452 e. The number of aryl methyl sites for hydroxylation is 1. The molecule has 0 atom stereocenters. The summed E-state index contributed by atoms with van der Waals surface area (Å²) in [5, 5.41) is 5.38. The molecule has 8 nitrogen and oxygen atoms in total. The molecule has 0 aromatic heterocycles. The predicted molar refractivity (Wildman–Crippen MR) is 127 cm³/mol. The number of esters is 1. The molecule has 0 saturated heterocycles. The zero-order chi connectivity index (χ0) is 24.7. The Bertz CT molecular complexity index is 1320. The van der Waals surface area contributed by atoms with Gasteiger partial charge in [0, 0.05) is 12.8 Å². The average Bonchev–Trinajstić information content (AvgIpc) is 2.82. The molecule has 0 fully saturated rings. The van der Waals surface area contributed by atoms with Gasteiger partial charge >= 0.3 is 5.97 Å². The minimum Gasteiger partial charge on any atom is -0.452 e. The van der Waals surface area contributed by atoms with Crippen molar-refractivity contribution in [3.8, 4) is 0 Å². The zero-order valence-electron chi connectivity index (χ0n) is 18.7. The van der Waals surface area contributed by atoms with Crippen molar-refractivity contribution in [3.63, 3.8) is 0 Å². The van der Waals surface area contributed by atoms with Crippen LogP contribution in [0.5, 0.6) is 0 Å². The number of benzene rings is 3.